The quantitative estimate of drug-likeness (QED) is 0.416. The van der Waals surface area contributed by atoms with Crippen molar-refractivity contribution < 1.29 is 14.3 Å². The summed E-state index contributed by atoms with van der Waals surface area (Å²) in [6, 6.07) is 11.9. The van der Waals surface area contributed by atoms with Gasteiger partial charge in [0.1, 0.15) is 18.9 Å². The van der Waals surface area contributed by atoms with Gasteiger partial charge < -0.3 is 14.5 Å². The van der Waals surface area contributed by atoms with Crippen LogP contribution < -0.4 is 4.74 Å². The number of carbonyl (C=O) groups excluding carboxylic acids is 2. The standard InChI is InChI=1S/C27H30N2O3S2/c1-18-5-8-23(19(2)14-18)32-17-22-21-10-13-34-24(21)9-11-29(22)26(30)16-28(15-20-6-7-20)27(31)25-4-3-12-33-25/h3-5,8,10,12-14,20,22H,6-7,9,11,15-17H2,1-2H3/t22-/m1/s1. The monoisotopic (exact) mass is 494 g/mol. The maximum absolute atomic E-state index is 13.6. The first-order chi connectivity index (χ1) is 16.5. The Kier molecular flexibility index (Phi) is 6.75. The van der Waals surface area contributed by atoms with Gasteiger partial charge in [0, 0.05) is 18.0 Å². The van der Waals surface area contributed by atoms with Crippen LogP contribution in [-0.4, -0.2) is 47.9 Å². The Morgan fingerprint density at radius 1 is 1.12 bits per heavy atom. The van der Waals surface area contributed by atoms with Crippen LogP contribution in [0.2, 0.25) is 0 Å². The van der Waals surface area contributed by atoms with Gasteiger partial charge in [0.15, 0.2) is 0 Å². The molecular weight excluding hydrogens is 464 g/mol. The molecule has 1 aromatic carbocycles. The normalized spacial score (nSPS) is 17.4. The highest BCUT2D eigenvalue weighted by molar-refractivity contribution is 7.12. The second kappa shape index (κ2) is 9.92. The molecule has 3 aromatic rings. The number of ether oxygens (including phenoxy) is 1. The highest BCUT2D eigenvalue weighted by Gasteiger charge is 2.35. The molecule has 5 rings (SSSR count). The summed E-state index contributed by atoms with van der Waals surface area (Å²) in [5.41, 5.74) is 3.47. The number of carbonyl (C=O) groups is 2. The smallest absolute Gasteiger partial charge is 0.264 e. The molecule has 0 spiro atoms. The van der Waals surface area contributed by atoms with Gasteiger partial charge in [-0.25, -0.2) is 0 Å². The topological polar surface area (TPSA) is 49.9 Å². The van der Waals surface area contributed by atoms with E-state index in [1.807, 2.05) is 41.5 Å². The Labute approximate surface area is 209 Å². The van der Waals surface area contributed by atoms with Crippen LogP contribution in [0.15, 0.2) is 47.2 Å². The Hall–Kier alpha value is -2.64. The minimum absolute atomic E-state index is 0.00312. The number of rotatable bonds is 8. The lowest BCUT2D eigenvalue weighted by Crippen LogP contribution is -2.48. The minimum Gasteiger partial charge on any atom is -0.491 e. The summed E-state index contributed by atoms with van der Waals surface area (Å²) in [6.45, 7) is 5.95. The molecule has 1 aliphatic heterocycles. The maximum Gasteiger partial charge on any atom is 0.264 e. The van der Waals surface area contributed by atoms with Crippen LogP contribution in [-0.2, 0) is 11.2 Å². The number of fused-ring (bicyclic) bond motifs is 1. The average molecular weight is 495 g/mol. The van der Waals surface area contributed by atoms with Crippen molar-refractivity contribution in [2.24, 2.45) is 5.92 Å². The number of aryl methyl sites for hydroxylation is 2. The fraction of sp³-hybridized carbons (Fsp3) is 0.407. The predicted octanol–water partition coefficient (Wildman–Crippen LogP) is 5.48. The Morgan fingerprint density at radius 2 is 1.97 bits per heavy atom. The molecule has 0 N–H and O–H groups in total. The van der Waals surface area contributed by atoms with Crippen molar-refractivity contribution in [1.29, 1.82) is 0 Å². The van der Waals surface area contributed by atoms with Crippen LogP contribution in [0.1, 0.15) is 50.1 Å². The number of hydrogen-bond donors (Lipinski definition) is 0. The summed E-state index contributed by atoms with van der Waals surface area (Å²) >= 11 is 3.18. The molecule has 178 valence electrons. The zero-order chi connectivity index (χ0) is 23.7. The first-order valence-electron chi connectivity index (χ1n) is 11.9. The molecule has 7 heteroatoms. The summed E-state index contributed by atoms with van der Waals surface area (Å²) in [4.78, 5) is 32.5. The van der Waals surface area contributed by atoms with Gasteiger partial charge in [0.2, 0.25) is 5.91 Å². The van der Waals surface area contributed by atoms with E-state index in [9.17, 15) is 9.59 Å². The fourth-order valence-electron chi connectivity index (χ4n) is 4.65. The fourth-order valence-corrected chi connectivity index (χ4v) is 6.27. The van der Waals surface area contributed by atoms with Crippen LogP contribution in [0, 0.1) is 19.8 Å². The van der Waals surface area contributed by atoms with Crippen LogP contribution in [0.3, 0.4) is 0 Å². The zero-order valence-corrected chi connectivity index (χ0v) is 21.3. The third-order valence-corrected chi connectivity index (χ3v) is 8.52. The van der Waals surface area contributed by atoms with E-state index in [-0.39, 0.29) is 24.4 Å². The number of hydrogen-bond acceptors (Lipinski definition) is 5. The second-order valence-electron chi connectivity index (χ2n) is 9.34. The van der Waals surface area contributed by atoms with Crippen LogP contribution in [0.25, 0.3) is 0 Å². The molecule has 3 heterocycles. The Bertz CT molecular complexity index is 1170. The Balaban J connectivity index is 1.34. The largest absolute Gasteiger partial charge is 0.491 e. The molecule has 0 saturated heterocycles. The first-order valence-corrected chi connectivity index (χ1v) is 13.6. The van der Waals surface area contributed by atoms with Crippen LogP contribution in [0.5, 0.6) is 5.75 Å². The summed E-state index contributed by atoms with van der Waals surface area (Å²) < 4.78 is 6.26. The van der Waals surface area contributed by atoms with E-state index < -0.39 is 0 Å². The molecule has 2 aliphatic rings. The van der Waals surface area contributed by atoms with Gasteiger partial charge in [-0.15, -0.1) is 22.7 Å². The lowest BCUT2D eigenvalue weighted by Gasteiger charge is -2.37. The molecule has 1 saturated carbocycles. The first kappa shape index (κ1) is 23.1. The van der Waals surface area contributed by atoms with E-state index in [1.54, 1.807) is 16.2 Å². The van der Waals surface area contributed by atoms with E-state index in [4.69, 9.17) is 4.74 Å². The van der Waals surface area contributed by atoms with Crippen molar-refractivity contribution in [2.45, 2.75) is 39.2 Å². The van der Waals surface area contributed by atoms with E-state index in [0.29, 0.717) is 30.5 Å². The summed E-state index contributed by atoms with van der Waals surface area (Å²) in [5.74, 6) is 1.33. The molecular formula is C27H30N2O3S2. The van der Waals surface area contributed by atoms with E-state index >= 15 is 0 Å². The SMILES string of the molecule is Cc1ccc(OC[C@@H]2c3ccsc3CCN2C(=O)CN(CC2CC2)C(=O)c2cccs2)c(C)c1. The summed E-state index contributed by atoms with van der Waals surface area (Å²) in [5, 5.41) is 4.01. The number of amides is 2. The Morgan fingerprint density at radius 3 is 2.71 bits per heavy atom. The highest BCUT2D eigenvalue weighted by Crippen LogP contribution is 2.35. The molecule has 1 fully saturated rings. The van der Waals surface area contributed by atoms with Crippen molar-refractivity contribution in [2.75, 3.05) is 26.2 Å². The van der Waals surface area contributed by atoms with Gasteiger partial charge in [0.25, 0.3) is 5.91 Å². The minimum atomic E-state index is -0.150. The summed E-state index contributed by atoms with van der Waals surface area (Å²) in [7, 11) is 0. The van der Waals surface area contributed by atoms with Gasteiger partial charge in [-0.2, -0.15) is 0 Å². The zero-order valence-electron chi connectivity index (χ0n) is 19.7. The molecule has 1 aliphatic carbocycles. The van der Waals surface area contributed by atoms with E-state index in [1.165, 1.54) is 27.3 Å². The number of thiophene rings is 2. The van der Waals surface area contributed by atoms with E-state index in [0.717, 1.165) is 30.6 Å². The highest BCUT2D eigenvalue weighted by atomic mass is 32.1. The lowest BCUT2D eigenvalue weighted by molar-refractivity contribution is -0.135. The average Bonchev–Trinajstić information content (AvgIpc) is 3.26. The second-order valence-corrected chi connectivity index (χ2v) is 11.3. The molecule has 0 unspecified atom stereocenters. The van der Waals surface area contributed by atoms with Crippen LogP contribution >= 0.6 is 22.7 Å². The predicted molar refractivity (Wildman–Crippen MR) is 137 cm³/mol. The van der Waals surface area contributed by atoms with Crippen molar-refractivity contribution in [1.82, 2.24) is 9.80 Å². The van der Waals surface area contributed by atoms with E-state index in [2.05, 4.69) is 24.4 Å². The number of nitrogens with zero attached hydrogens (tertiary/aromatic N) is 2. The molecule has 2 aromatic heterocycles. The van der Waals surface area contributed by atoms with Crippen molar-refractivity contribution in [3.63, 3.8) is 0 Å². The maximum atomic E-state index is 13.6. The van der Waals surface area contributed by atoms with Gasteiger partial charge in [-0.3, -0.25) is 9.59 Å². The number of benzene rings is 1. The molecule has 5 nitrogen and oxygen atoms in total. The van der Waals surface area contributed by atoms with Gasteiger partial charge >= 0.3 is 0 Å². The molecule has 1 atom stereocenters. The van der Waals surface area contributed by atoms with Crippen molar-refractivity contribution in [3.05, 3.63) is 73.6 Å². The van der Waals surface area contributed by atoms with Gasteiger partial charge in [-0.05, 0) is 79.1 Å². The molecule has 34 heavy (non-hydrogen) atoms. The third kappa shape index (κ3) is 5.05. The van der Waals surface area contributed by atoms with Gasteiger partial charge in [0.05, 0.1) is 10.9 Å². The van der Waals surface area contributed by atoms with Crippen LogP contribution in [0.4, 0.5) is 0 Å². The van der Waals surface area contributed by atoms with Gasteiger partial charge in [-0.1, -0.05) is 23.8 Å². The van der Waals surface area contributed by atoms with Crippen molar-refractivity contribution in [3.8, 4) is 5.75 Å². The molecule has 2 amide bonds. The summed E-state index contributed by atoms with van der Waals surface area (Å²) in [6.07, 6.45) is 3.12. The van der Waals surface area contributed by atoms with Crippen molar-refractivity contribution >= 4 is 34.5 Å². The third-order valence-electron chi connectivity index (χ3n) is 6.66. The molecule has 0 radical (unpaired) electrons. The molecule has 0 bridgehead atoms. The lowest BCUT2D eigenvalue weighted by atomic mass is 10.00.